The summed E-state index contributed by atoms with van der Waals surface area (Å²) in [5.41, 5.74) is 1.89. The summed E-state index contributed by atoms with van der Waals surface area (Å²) < 4.78 is 11.1. The van der Waals surface area contributed by atoms with Crippen molar-refractivity contribution in [3.05, 3.63) is 23.4 Å². The first-order chi connectivity index (χ1) is 15.4. The number of rotatable bonds is 10. The summed E-state index contributed by atoms with van der Waals surface area (Å²) in [7, 11) is 0. The molecular formula is C23H34N4O5. The maximum atomic E-state index is 12.0. The van der Waals surface area contributed by atoms with E-state index >= 15 is 0 Å². The number of fused-ring (bicyclic) bond motifs is 1. The van der Waals surface area contributed by atoms with Crippen molar-refractivity contribution in [1.29, 1.82) is 0 Å². The van der Waals surface area contributed by atoms with Gasteiger partial charge in [-0.05, 0) is 63.0 Å². The van der Waals surface area contributed by atoms with Crippen molar-refractivity contribution in [3.8, 4) is 0 Å². The van der Waals surface area contributed by atoms with Crippen LogP contribution in [0.5, 0.6) is 0 Å². The molecule has 1 aromatic heterocycles. The summed E-state index contributed by atoms with van der Waals surface area (Å²) in [5.74, 6) is 0.583. The smallest absolute Gasteiger partial charge is 0.408 e. The number of nitrogens with zero attached hydrogens (tertiary/aromatic N) is 1. The van der Waals surface area contributed by atoms with E-state index in [1.165, 1.54) is 12.0 Å². The second kappa shape index (κ2) is 10.0. The molecule has 0 bridgehead atoms. The molecule has 1 aliphatic carbocycles. The number of carboxylic acids is 1. The van der Waals surface area contributed by atoms with E-state index in [1.54, 1.807) is 0 Å². The summed E-state index contributed by atoms with van der Waals surface area (Å²) in [6.07, 6.45) is 5.99. The molecule has 176 valence electrons. The van der Waals surface area contributed by atoms with Crippen LogP contribution in [0.1, 0.15) is 50.3 Å². The van der Waals surface area contributed by atoms with Gasteiger partial charge in [0.25, 0.3) is 0 Å². The van der Waals surface area contributed by atoms with E-state index in [2.05, 4.69) is 28.1 Å². The Bertz CT molecular complexity index is 823. The van der Waals surface area contributed by atoms with Gasteiger partial charge in [-0.1, -0.05) is 6.07 Å². The lowest BCUT2D eigenvalue weighted by atomic mass is 9.79. The molecule has 2 aliphatic heterocycles. The van der Waals surface area contributed by atoms with Gasteiger partial charge in [0.05, 0.1) is 6.10 Å². The fourth-order valence-electron chi connectivity index (χ4n) is 4.46. The lowest BCUT2D eigenvalue weighted by Crippen LogP contribution is -2.61. The third-order valence-corrected chi connectivity index (χ3v) is 6.64. The monoisotopic (exact) mass is 446 g/mol. The SMILES string of the molecule is CC1(OC(=O)N[C@@H](CCOC2CC(CCc3ccc4c(n3)NCCC4)C2)C(=O)O)CNC1. The van der Waals surface area contributed by atoms with E-state index in [9.17, 15) is 14.7 Å². The number of aromatic nitrogens is 1. The van der Waals surface area contributed by atoms with Crippen LogP contribution in [0.4, 0.5) is 10.6 Å². The van der Waals surface area contributed by atoms with E-state index in [0.717, 1.165) is 50.2 Å². The van der Waals surface area contributed by atoms with Crippen molar-refractivity contribution in [2.45, 2.75) is 69.6 Å². The molecule has 4 rings (SSSR count). The highest BCUT2D eigenvalue weighted by atomic mass is 16.6. The maximum Gasteiger partial charge on any atom is 0.408 e. The van der Waals surface area contributed by atoms with Gasteiger partial charge < -0.3 is 30.5 Å². The predicted octanol–water partition coefficient (Wildman–Crippen LogP) is 2.10. The van der Waals surface area contributed by atoms with Gasteiger partial charge in [0.2, 0.25) is 0 Å². The lowest BCUT2D eigenvalue weighted by molar-refractivity contribution is -0.140. The van der Waals surface area contributed by atoms with Crippen molar-refractivity contribution in [1.82, 2.24) is 15.6 Å². The molecule has 0 unspecified atom stereocenters. The van der Waals surface area contributed by atoms with E-state index in [0.29, 0.717) is 25.6 Å². The second-order valence-corrected chi connectivity index (χ2v) is 9.48. The van der Waals surface area contributed by atoms with Crippen LogP contribution in [0.3, 0.4) is 0 Å². The molecule has 0 aromatic carbocycles. The minimum Gasteiger partial charge on any atom is -0.480 e. The van der Waals surface area contributed by atoms with Crippen LogP contribution < -0.4 is 16.0 Å². The molecule has 0 radical (unpaired) electrons. The van der Waals surface area contributed by atoms with Crippen LogP contribution in [0.2, 0.25) is 0 Å². The van der Waals surface area contributed by atoms with Gasteiger partial charge in [-0.15, -0.1) is 0 Å². The summed E-state index contributed by atoms with van der Waals surface area (Å²) in [6, 6.07) is 3.33. The first-order valence-electron chi connectivity index (χ1n) is 11.7. The molecule has 32 heavy (non-hydrogen) atoms. The van der Waals surface area contributed by atoms with Gasteiger partial charge >= 0.3 is 12.1 Å². The van der Waals surface area contributed by atoms with Gasteiger partial charge in [0.15, 0.2) is 0 Å². The predicted molar refractivity (Wildman–Crippen MR) is 119 cm³/mol. The van der Waals surface area contributed by atoms with Gasteiger partial charge in [-0.25, -0.2) is 14.6 Å². The first-order valence-corrected chi connectivity index (χ1v) is 11.7. The van der Waals surface area contributed by atoms with Gasteiger partial charge in [-0.3, -0.25) is 0 Å². The third-order valence-electron chi connectivity index (χ3n) is 6.64. The van der Waals surface area contributed by atoms with E-state index in [4.69, 9.17) is 14.5 Å². The Balaban J connectivity index is 1.11. The number of hydrogen-bond donors (Lipinski definition) is 4. The lowest BCUT2D eigenvalue weighted by Gasteiger charge is -2.38. The highest BCUT2D eigenvalue weighted by molar-refractivity contribution is 5.80. The molecule has 4 N–H and O–H groups in total. The number of amides is 1. The molecule has 2 fully saturated rings. The number of alkyl carbamates (subject to hydrolysis) is 1. The number of carbonyl (C=O) groups excluding carboxylic acids is 1. The Labute approximate surface area is 188 Å². The van der Waals surface area contributed by atoms with Crippen molar-refractivity contribution < 1.29 is 24.2 Å². The standard InChI is InChI=1S/C23H34N4O5/c1-23(13-24-14-23)32-22(30)27-19(21(28)29)8-10-31-18-11-15(12-18)4-6-17-7-5-16-3-2-9-25-20(16)26-17/h5,7,15,18-19,24H,2-4,6,8-14H2,1H3,(H,25,26)(H,27,30)(H,28,29)/t15?,18?,19-/m0/s1. The molecule has 1 aromatic rings. The minimum atomic E-state index is -1.08. The number of carbonyl (C=O) groups is 2. The van der Waals surface area contributed by atoms with Crippen molar-refractivity contribution in [2.24, 2.45) is 5.92 Å². The zero-order chi connectivity index (χ0) is 22.6. The Morgan fingerprint density at radius 1 is 1.34 bits per heavy atom. The highest BCUT2D eigenvalue weighted by Crippen LogP contribution is 2.34. The van der Waals surface area contributed by atoms with Crippen molar-refractivity contribution >= 4 is 17.9 Å². The normalized spacial score (nSPS) is 24.2. The average Bonchev–Trinajstić information content (AvgIpc) is 2.72. The molecule has 3 aliphatic rings. The average molecular weight is 447 g/mol. The third kappa shape index (κ3) is 5.89. The molecule has 1 amide bonds. The van der Waals surface area contributed by atoms with Crippen molar-refractivity contribution in [2.75, 3.05) is 31.6 Å². The highest BCUT2D eigenvalue weighted by Gasteiger charge is 2.36. The summed E-state index contributed by atoms with van der Waals surface area (Å²) in [6.45, 7) is 4.26. The number of nitrogens with one attached hydrogen (secondary N) is 3. The number of pyridine rings is 1. The fourth-order valence-corrected chi connectivity index (χ4v) is 4.46. The van der Waals surface area contributed by atoms with Crippen LogP contribution in [0.25, 0.3) is 0 Å². The molecular weight excluding hydrogens is 412 g/mol. The molecule has 1 saturated heterocycles. The fraction of sp³-hybridized carbons (Fsp3) is 0.696. The first kappa shape index (κ1) is 22.8. The van der Waals surface area contributed by atoms with Gasteiger partial charge in [0, 0.05) is 38.4 Å². The van der Waals surface area contributed by atoms with E-state index in [-0.39, 0.29) is 12.5 Å². The Kier molecular flexibility index (Phi) is 7.15. The molecule has 9 heteroatoms. The zero-order valence-electron chi connectivity index (χ0n) is 18.7. The summed E-state index contributed by atoms with van der Waals surface area (Å²) in [4.78, 5) is 28.2. The maximum absolute atomic E-state index is 12.0. The molecule has 1 atom stereocenters. The number of aryl methyl sites for hydroxylation is 2. The number of aliphatic carboxylic acids is 1. The van der Waals surface area contributed by atoms with Crippen LogP contribution in [-0.4, -0.2) is 66.1 Å². The van der Waals surface area contributed by atoms with Gasteiger partial charge in [-0.2, -0.15) is 0 Å². The zero-order valence-corrected chi connectivity index (χ0v) is 18.7. The van der Waals surface area contributed by atoms with Crippen LogP contribution in [-0.2, 0) is 27.1 Å². The van der Waals surface area contributed by atoms with Crippen LogP contribution in [0.15, 0.2) is 12.1 Å². The Hall–Kier alpha value is -2.39. The minimum absolute atomic E-state index is 0.166. The molecule has 3 heterocycles. The van der Waals surface area contributed by atoms with Crippen molar-refractivity contribution in [3.63, 3.8) is 0 Å². The summed E-state index contributed by atoms with van der Waals surface area (Å²) in [5, 5.41) is 18.2. The number of ether oxygens (including phenoxy) is 2. The Morgan fingerprint density at radius 3 is 2.88 bits per heavy atom. The number of hydrogen-bond acceptors (Lipinski definition) is 7. The van der Waals surface area contributed by atoms with Crippen LogP contribution in [0, 0.1) is 5.92 Å². The van der Waals surface area contributed by atoms with Crippen LogP contribution >= 0.6 is 0 Å². The van der Waals surface area contributed by atoms with E-state index < -0.39 is 23.7 Å². The van der Waals surface area contributed by atoms with E-state index in [1.807, 2.05) is 6.92 Å². The molecule has 0 spiro atoms. The second-order valence-electron chi connectivity index (χ2n) is 9.48. The summed E-state index contributed by atoms with van der Waals surface area (Å²) >= 11 is 0. The number of carboxylic acid groups (broad SMARTS) is 1. The molecule has 9 nitrogen and oxygen atoms in total. The topological polar surface area (TPSA) is 122 Å². The quantitative estimate of drug-likeness (QED) is 0.431. The largest absolute Gasteiger partial charge is 0.480 e. The van der Waals surface area contributed by atoms with Gasteiger partial charge in [0.1, 0.15) is 17.5 Å². The molecule has 1 saturated carbocycles. The number of anilines is 1. The Morgan fingerprint density at radius 2 is 2.16 bits per heavy atom.